The van der Waals surface area contributed by atoms with Gasteiger partial charge in [-0.1, -0.05) is 5.57 Å². The van der Waals surface area contributed by atoms with Gasteiger partial charge < -0.3 is 10.6 Å². The fourth-order valence-corrected chi connectivity index (χ4v) is 1.84. The molecule has 0 aliphatic carbocycles. The van der Waals surface area contributed by atoms with Crippen LogP contribution in [0.3, 0.4) is 0 Å². The number of nitrogens with zero attached hydrogens (tertiary/aromatic N) is 1. The molecule has 1 heterocycles. The lowest BCUT2D eigenvalue weighted by atomic mass is 9.83. The normalized spacial score (nSPS) is 23.9. The van der Waals surface area contributed by atoms with Crippen molar-refractivity contribution < 1.29 is 0 Å². The summed E-state index contributed by atoms with van der Waals surface area (Å²) in [6, 6.07) is 0. The molecule has 2 heteroatoms. The second-order valence-electron chi connectivity index (χ2n) is 4.30. The van der Waals surface area contributed by atoms with Crippen LogP contribution in [-0.2, 0) is 0 Å². The zero-order chi connectivity index (χ0) is 9.19. The molecule has 1 fully saturated rings. The van der Waals surface area contributed by atoms with Gasteiger partial charge in [-0.3, -0.25) is 0 Å². The van der Waals surface area contributed by atoms with Gasteiger partial charge in [-0.2, -0.15) is 0 Å². The van der Waals surface area contributed by atoms with Crippen molar-refractivity contribution in [2.24, 2.45) is 5.73 Å². The van der Waals surface area contributed by atoms with E-state index in [0.29, 0.717) is 0 Å². The fraction of sp³-hybridized carbons (Fsp3) is 0.800. The highest BCUT2D eigenvalue weighted by Crippen LogP contribution is 2.24. The topological polar surface area (TPSA) is 29.3 Å². The molecule has 70 valence electrons. The van der Waals surface area contributed by atoms with Crippen molar-refractivity contribution in [1.82, 2.24) is 4.90 Å². The van der Waals surface area contributed by atoms with E-state index in [1.807, 2.05) is 0 Å². The molecule has 0 amide bonds. The van der Waals surface area contributed by atoms with Crippen molar-refractivity contribution in [3.8, 4) is 0 Å². The van der Waals surface area contributed by atoms with Crippen molar-refractivity contribution in [1.29, 1.82) is 0 Å². The van der Waals surface area contributed by atoms with Gasteiger partial charge >= 0.3 is 0 Å². The summed E-state index contributed by atoms with van der Waals surface area (Å²) < 4.78 is 0. The number of piperidine rings is 1. The third-order valence-electron chi connectivity index (χ3n) is 2.64. The molecule has 1 rings (SSSR count). The van der Waals surface area contributed by atoms with Gasteiger partial charge in [0.15, 0.2) is 0 Å². The van der Waals surface area contributed by atoms with E-state index in [9.17, 15) is 0 Å². The number of likely N-dealkylation sites (tertiary alicyclic amines) is 1. The van der Waals surface area contributed by atoms with Crippen LogP contribution in [0.25, 0.3) is 0 Å². The number of rotatable bonds is 2. The molecule has 1 saturated heterocycles. The molecule has 0 saturated carbocycles. The molecule has 12 heavy (non-hydrogen) atoms. The summed E-state index contributed by atoms with van der Waals surface area (Å²) >= 11 is 0. The van der Waals surface area contributed by atoms with E-state index in [0.717, 1.165) is 32.4 Å². The van der Waals surface area contributed by atoms with Crippen molar-refractivity contribution in [2.75, 3.05) is 20.1 Å². The van der Waals surface area contributed by atoms with Crippen LogP contribution in [0.5, 0.6) is 0 Å². The van der Waals surface area contributed by atoms with Gasteiger partial charge in [0, 0.05) is 5.54 Å². The van der Waals surface area contributed by atoms with Gasteiger partial charge in [0.05, 0.1) is 0 Å². The number of hydrogen-bond acceptors (Lipinski definition) is 2. The van der Waals surface area contributed by atoms with Gasteiger partial charge in [0.1, 0.15) is 0 Å². The first-order valence-corrected chi connectivity index (χ1v) is 4.64. The van der Waals surface area contributed by atoms with Gasteiger partial charge in [-0.05, 0) is 46.3 Å². The van der Waals surface area contributed by atoms with E-state index < -0.39 is 0 Å². The lowest BCUT2D eigenvalue weighted by molar-refractivity contribution is 0.190. The van der Waals surface area contributed by atoms with Gasteiger partial charge in [0.2, 0.25) is 0 Å². The van der Waals surface area contributed by atoms with E-state index >= 15 is 0 Å². The van der Waals surface area contributed by atoms with Crippen LogP contribution in [0, 0.1) is 0 Å². The summed E-state index contributed by atoms with van der Waals surface area (Å²) in [4.78, 5) is 2.34. The third kappa shape index (κ3) is 2.61. The molecule has 0 atom stereocenters. The first-order chi connectivity index (χ1) is 5.52. The summed E-state index contributed by atoms with van der Waals surface area (Å²) in [6.45, 7) is 8.24. The van der Waals surface area contributed by atoms with E-state index in [1.54, 1.807) is 0 Å². The summed E-state index contributed by atoms with van der Waals surface area (Å²) in [5, 5.41) is 0. The monoisotopic (exact) mass is 168 g/mol. The molecule has 2 nitrogen and oxygen atoms in total. The smallest absolute Gasteiger partial charge is 0.0216 e. The quantitative estimate of drug-likeness (QED) is 0.631. The summed E-state index contributed by atoms with van der Waals surface area (Å²) in [5.41, 5.74) is 7.48. The van der Waals surface area contributed by atoms with Crippen LogP contribution < -0.4 is 5.73 Å². The zero-order valence-electron chi connectivity index (χ0n) is 8.27. The standard InChI is InChI=1S/C10H20N2/c1-9(2)8-10(11)4-6-12(3)7-5-10/h1,4-8,11H2,2-3H3. The second-order valence-corrected chi connectivity index (χ2v) is 4.30. The Morgan fingerprint density at radius 2 is 2.00 bits per heavy atom. The largest absolute Gasteiger partial charge is 0.325 e. The van der Waals surface area contributed by atoms with E-state index in [-0.39, 0.29) is 5.54 Å². The summed E-state index contributed by atoms with van der Waals surface area (Å²) in [7, 11) is 2.15. The highest BCUT2D eigenvalue weighted by Gasteiger charge is 2.28. The van der Waals surface area contributed by atoms with Crippen molar-refractivity contribution in [2.45, 2.75) is 31.7 Å². The minimum Gasteiger partial charge on any atom is -0.325 e. The molecular weight excluding hydrogens is 148 g/mol. The average Bonchev–Trinajstić information content (AvgIpc) is 1.94. The molecule has 0 bridgehead atoms. The highest BCUT2D eigenvalue weighted by molar-refractivity contribution is 5.02. The maximum atomic E-state index is 6.23. The minimum absolute atomic E-state index is 0.0400. The van der Waals surface area contributed by atoms with Crippen LogP contribution in [0.1, 0.15) is 26.2 Å². The second kappa shape index (κ2) is 3.58. The molecule has 1 aliphatic rings. The number of hydrogen-bond donors (Lipinski definition) is 1. The van der Waals surface area contributed by atoms with Crippen molar-refractivity contribution >= 4 is 0 Å². The maximum absolute atomic E-state index is 6.23. The first-order valence-electron chi connectivity index (χ1n) is 4.64. The van der Waals surface area contributed by atoms with Crippen LogP contribution in [-0.4, -0.2) is 30.6 Å². The maximum Gasteiger partial charge on any atom is 0.0216 e. The number of nitrogens with two attached hydrogens (primary N) is 1. The Hall–Kier alpha value is -0.340. The van der Waals surface area contributed by atoms with E-state index in [1.165, 1.54) is 5.57 Å². The van der Waals surface area contributed by atoms with Gasteiger partial charge in [-0.25, -0.2) is 0 Å². The van der Waals surface area contributed by atoms with Crippen LogP contribution in [0.15, 0.2) is 12.2 Å². The minimum atomic E-state index is 0.0400. The zero-order valence-corrected chi connectivity index (χ0v) is 8.27. The van der Waals surface area contributed by atoms with Crippen LogP contribution >= 0.6 is 0 Å². The lowest BCUT2D eigenvalue weighted by Gasteiger charge is -2.37. The summed E-state index contributed by atoms with van der Waals surface area (Å²) in [6.07, 6.45) is 3.20. The lowest BCUT2D eigenvalue weighted by Crippen LogP contribution is -2.49. The Bertz CT molecular complexity index is 167. The Balaban J connectivity index is 2.44. The van der Waals surface area contributed by atoms with Gasteiger partial charge in [-0.15, -0.1) is 6.58 Å². The molecule has 0 aromatic carbocycles. The predicted octanol–water partition coefficient (Wildman–Crippen LogP) is 1.38. The molecule has 0 aromatic heterocycles. The first kappa shape index (κ1) is 9.75. The Kier molecular flexibility index (Phi) is 2.91. The molecular formula is C10H20N2. The average molecular weight is 168 g/mol. The molecule has 0 radical (unpaired) electrons. The highest BCUT2D eigenvalue weighted by atomic mass is 15.1. The van der Waals surface area contributed by atoms with Crippen LogP contribution in [0.4, 0.5) is 0 Å². The van der Waals surface area contributed by atoms with Crippen LogP contribution in [0.2, 0.25) is 0 Å². The van der Waals surface area contributed by atoms with Gasteiger partial charge in [0.25, 0.3) is 0 Å². The molecule has 0 spiro atoms. The molecule has 0 unspecified atom stereocenters. The van der Waals surface area contributed by atoms with E-state index in [4.69, 9.17) is 5.73 Å². The Labute approximate surface area is 75.4 Å². The van der Waals surface area contributed by atoms with Crippen molar-refractivity contribution in [3.63, 3.8) is 0 Å². The molecule has 2 N–H and O–H groups in total. The Morgan fingerprint density at radius 3 is 2.42 bits per heavy atom. The Morgan fingerprint density at radius 1 is 1.50 bits per heavy atom. The fourth-order valence-electron chi connectivity index (χ4n) is 1.84. The third-order valence-corrected chi connectivity index (χ3v) is 2.64. The molecule has 0 aromatic rings. The summed E-state index contributed by atoms with van der Waals surface area (Å²) in [5.74, 6) is 0. The molecule has 1 aliphatic heterocycles. The SMILES string of the molecule is C=C(C)CC1(N)CCN(C)CC1. The van der Waals surface area contributed by atoms with Crippen molar-refractivity contribution in [3.05, 3.63) is 12.2 Å². The predicted molar refractivity (Wildman–Crippen MR) is 53.1 cm³/mol. The van der Waals surface area contributed by atoms with E-state index in [2.05, 4.69) is 25.5 Å².